The van der Waals surface area contributed by atoms with E-state index in [1.165, 1.54) is 0 Å². The summed E-state index contributed by atoms with van der Waals surface area (Å²) in [6, 6.07) is 13.1. The highest BCUT2D eigenvalue weighted by molar-refractivity contribution is 6.06. The summed E-state index contributed by atoms with van der Waals surface area (Å²) in [5.74, 6) is 0.341. The van der Waals surface area contributed by atoms with Gasteiger partial charge in [0.15, 0.2) is 29.7 Å². The summed E-state index contributed by atoms with van der Waals surface area (Å²) in [6.45, 7) is 13.3. The zero-order valence-corrected chi connectivity index (χ0v) is 26.6. The number of aryl methyl sites for hydroxylation is 1. The minimum absolute atomic E-state index is 0.105. The number of hydrogen-bond acceptors (Lipinski definition) is 6. The maximum atomic E-state index is 13.9. The predicted octanol–water partition coefficient (Wildman–Crippen LogP) is 7.12. The van der Waals surface area contributed by atoms with Crippen LogP contribution in [0.15, 0.2) is 65.0 Å². The molecule has 43 heavy (non-hydrogen) atoms. The summed E-state index contributed by atoms with van der Waals surface area (Å²) < 4.78 is 11.6. The first-order valence-corrected chi connectivity index (χ1v) is 15.3. The van der Waals surface area contributed by atoms with E-state index in [0.29, 0.717) is 30.0 Å². The number of ether oxygens (including phenoxy) is 2. The number of carbonyl (C=O) groups is 3. The summed E-state index contributed by atoms with van der Waals surface area (Å²) >= 11 is 0. The summed E-state index contributed by atoms with van der Waals surface area (Å²) in [6.07, 6.45) is 3.37. The number of ketones is 2. The van der Waals surface area contributed by atoms with Crippen LogP contribution in [0.1, 0.15) is 83.8 Å². The molecule has 0 unspecified atom stereocenters. The van der Waals surface area contributed by atoms with Gasteiger partial charge in [0.1, 0.15) is 0 Å². The Hall–Kier alpha value is -3.87. The highest BCUT2D eigenvalue weighted by Gasteiger charge is 2.48. The summed E-state index contributed by atoms with van der Waals surface area (Å²) in [4.78, 5) is 42.8. The Morgan fingerprint density at radius 2 is 1.53 bits per heavy atom. The van der Waals surface area contributed by atoms with Gasteiger partial charge in [0.25, 0.3) is 5.91 Å². The molecule has 0 bridgehead atoms. The molecule has 2 aromatic rings. The molecule has 0 spiro atoms. The van der Waals surface area contributed by atoms with Gasteiger partial charge in [0.2, 0.25) is 0 Å². The fourth-order valence-corrected chi connectivity index (χ4v) is 6.92. The molecule has 5 rings (SSSR count). The standard InChI is InChI=1S/C36H44N2O5/c1-8-14-38-25-17-35(3,4)19-27(39)33(25)32(34-26(38)18-36(5,6)20-28(34)40)23-12-13-29(30(16-23)42-7)43-21-31(41)37-24-11-9-10-22(2)15-24/h9-13,15-16,32H,8,14,17-21H2,1-7H3,(H,37,41). The lowest BCUT2D eigenvalue weighted by atomic mass is 9.63. The van der Waals surface area contributed by atoms with Gasteiger partial charge in [0, 0.05) is 53.5 Å². The lowest BCUT2D eigenvalue weighted by Crippen LogP contribution is -2.44. The molecule has 1 aliphatic heterocycles. The van der Waals surface area contributed by atoms with Crippen molar-refractivity contribution in [1.82, 2.24) is 4.90 Å². The van der Waals surface area contributed by atoms with E-state index in [1.54, 1.807) is 13.2 Å². The van der Waals surface area contributed by atoms with Gasteiger partial charge in [-0.05, 0) is 72.4 Å². The van der Waals surface area contributed by atoms with Crippen LogP contribution in [-0.4, -0.2) is 42.6 Å². The number of nitrogens with zero attached hydrogens (tertiary/aromatic N) is 1. The minimum atomic E-state index is -0.460. The maximum absolute atomic E-state index is 13.9. The van der Waals surface area contributed by atoms with Gasteiger partial charge in [0.05, 0.1) is 7.11 Å². The van der Waals surface area contributed by atoms with E-state index in [0.717, 1.165) is 59.5 Å². The van der Waals surface area contributed by atoms with Crippen molar-refractivity contribution in [3.8, 4) is 11.5 Å². The first-order chi connectivity index (χ1) is 20.3. The van der Waals surface area contributed by atoms with E-state index in [4.69, 9.17) is 9.47 Å². The van der Waals surface area contributed by atoms with Crippen molar-refractivity contribution in [2.24, 2.45) is 10.8 Å². The molecule has 7 nitrogen and oxygen atoms in total. The molecule has 1 amide bonds. The molecular weight excluding hydrogens is 540 g/mol. The Labute approximate surface area is 255 Å². The highest BCUT2D eigenvalue weighted by atomic mass is 16.5. The normalized spacial score (nSPS) is 19.7. The van der Waals surface area contributed by atoms with Crippen molar-refractivity contribution < 1.29 is 23.9 Å². The largest absolute Gasteiger partial charge is 0.493 e. The van der Waals surface area contributed by atoms with Gasteiger partial charge < -0.3 is 19.7 Å². The molecule has 0 aromatic heterocycles. The molecule has 228 valence electrons. The number of Topliss-reactive ketones (excluding diaryl/α,β-unsaturated/α-hetero) is 2. The van der Waals surface area contributed by atoms with E-state index in [2.05, 4.69) is 44.8 Å². The Balaban J connectivity index is 1.52. The molecule has 3 aliphatic rings. The van der Waals surface area contributed by atoms with Crippen LogP contribution in [0.2, 0.25) is 0 Å². The third-order valence-corrected chi connectivity index (χ3v) is 8.65. The predicted molar refractivity (Wildman–Crippen MR) is 168 cm³/mol. The third-order valence-electron chi connectivity index (χ3n) is 8.65. The summed E-state index contributed by atoms with van der Waals surface area (Å²) in [5, 5.41) is 2.86. The number of methoxy groups -OCH3 is 1. The van der Waals surface area contributed by atoms with E-state index in [-0.39, 0.29) is 34.9 Å². The molecule has 7 heteroatoms. The Bertz CT molecular complexity index is 1480. The number of nitrogens with one attached hydrogen (secondary N) is 1. The zero-order valence-electron chi connectivity index (χ0n) is 26.6. The zero-order chi connectivity index (χ0) is 31.1. The molecular formula is C36H44N2O5. The van der Waals surface area contributed by atoms with Crippen molar-refractivity contribution in [1.29, 1.82) is 0 Å². The van der Waals surface area contributed by atoms with Gasteiger partial charge in [-0.1, -0.05) is 52.8 Å². The second kappa shape index (κ2) is 11.7. The Kier molecular flexibility index (Phi) is 8.30. The lowest BCUT2D eigenvalue weighted by molar-refractivity contribution is -0.120. The van der Waals surface area contributed by atoms with Crippen molar-refractivity contribution in [3.63, 3.8) is 0 Å². The summed E-state index contributed by atoms with van der Waals surface area (Å²) in [7, 11) is 1.56. The number of rotatable bonds is 8. The second-order valence-corrected chi connectivity index (χ2v) is 13.8. The fraction of sp³-hybridized carbons (Fsp3) is 0.472. The first-order valence-electron chi connectivity index (χ1n) is 15.3. The van der Waals surface area contributed by atoms with Gasteiger partial charge in [-0.3, -0.25) is 14.4 Å². The number of benzene rings is 2. The van der Waals surface area contributed by atoms with Gasteiger partial charge in [-0.25, -0.2) is 0 Å². The Morgan fingerprint density at radius 3 is 2.09 bits per heavy atom. The van der Waals surface area contributed by atoms with Crippen LogP contribution in [0.3, 0.4) is 0 Å². The Morgan fingerprint density at radius 1 is 0.907 bits per heavy atom. The number of carbonyl (C=O) groups excluding carboxylic acids is 3. The maximum Gasteiger partial charge on any atom is 0.262 e. The number of hydrogen-bond donors (Lipinski definition) is 1. The second-order valence-electron chi connectivity index (χ2n) is 13.8. The monoisotopic (exact) mass is 584 g/mol. The van der Waals surface area contributed by atoms with Crippen LogP contribution in [0, 0.1) is 17.8 Å². The molecule has 0 saturated carbocycles. The van der Waals surface area contributed by atoms with Crippen molar-refractivity contribution in [3.05, 3.63) is 76.1 Å². The molecule has 1 N–H and O–H groups in total. The topological polar surface area (TPSA) is 84.9 Å². The van der Waals surface area contributed by atoms with Gasteiger partial charge >= 0.3 is 0 Å². The van der Waals surface area contributed by atoms with Crippen LogP contribution >= 0.6 is 0 Å². The average Bonchev–Trinajstić information content (AvgIpc) is 2.91. The minimum Gasteiger partial charge on any atom is -0.493 e. The molecule has 0 fully saturated rings. The van der Waals surface area contributed by atoms with Gasteiger partial charge in [-0.2, -0.15) is 0 Å². The fourth-order valence-electron chi connectivity index (χ4n) is 6.92. The molecule has 1 heterocycles. The van der Waals surface area contributed by atoms with Crippen LogP contribution in [0.25, 0.3) is 0 Å². The lowest BCUT2D eigenvalue weighted by Gasteiger charge is -2.49. The smallest absolute Gasteiger partial charge is 0.262 e. The van der Waals surface area contributed by atoms with E-state index in [9.17, 15) is 14.4 Å². The molecule has 2 aromatic carbocycles. The van der Waals surface area contributed by atoms with E-state index in [1.807, 2.05) is 43.3 Å². The van der Waals surface area contributed by atoms with Crippen LogP contribution in [-0.2, 0) is 14.4 Å². The van der Waals surface area contributed by atoms with Gasteiger partial charge in [-0.15, -0.1) is 0 Å². The average molecular weight is 585 g/mol. The van der Waals surface area contributed by atoms with Crippen molar-refractivity contribution in [2.45, 2.75) is 79.6 Å². The molecule has 0 radical (unpaired) electrons. The highest BCUT2D eigenvalue weighted by Crippen LogP contribution is 2.55. The van der Waals surface area contributed by atoms with Crippen LogP contribution in [0.5, 0.6) is 11.5 Å². The molecule has 0 saturated heterocycles. The number of allylic oxidation sites excluding steroid dienone is 4. The van der Waals surface area contributed by atoms with E-state index < -0.39 is 5.92 Å². The van der Waals surface area contributed by atoms with Crippen LogP contribution < -0.4 is 14.8 Å². The van der Waals surface area contributed by atoms with Crippen LogP contribution in [0.4, 0.5) is 5.69 Å². The van der Waals surface area contributed by atoms with Crippen molar-refractivity contribution >= 4 is 23.2 Å². The quantitative estimate of drug-likeness (QED) is 0.356. The van der Waals surface area contributed by atoms with E-state index >= 15 is 0 Å². The SMILES string of the molecule is CCCN1C2=C(C(=O)CC(C)(C)C2)C(c2ccc(OCC(=O)Nc3cccc(C)c3)c(OC)c2)C2=C1CC(C)(C)CC2=O. The number of amides is 1. The molecule has 0 atom stereocenters. The number of anilines is 1. The van der Waals surface area contributed by atoms with Crippen molar-refractivity contribution in [2.75, 3.05) is 25.6 Å². The third kappa shape index (κ3) is 6.27. The summed E-state index contributed by atoms with van der Waals surface area (Å²) in [5.41, 5.74) is 5.87. The first kappa shape index (κ1) is 30.6. The molecule has 2 aliphatic carbocycles.